The van der Waals surface area contributed by atoms with E-state index >= 15 is 0 Å². The molecule has 0 unspecified atom stereocenters. The summed E-state index contributed by atoms with van der Waals surface area (Å²) < 4.78 is 0. The number of aryl methyl sites for hydroxylation is 1. The largest absolute Gasteiger partial charge is 0.356 e. The number of nitrogens with one attached hydrogen (secondary N) is 1. The van der Waals surface area contributed by atoms with Crippen LogP contribution in [-0.2, 0) is 4.79 Å². The van der Waals surface area contributed by atoms with Crippen LogP contribution in [0.2, 0.25) is 0 Å². The average Bonchev–Trinajstić information content (AvgIpc) is 2.55. The van der Waals surface area contributed by atoms with Gasteiger partial charge in [0.2, 0.25) is 5.91 Å². The minimum Gasteiger partial charge on any atom is -0.356 e. The second-order valence-electron chi connectivity index (χ2n) is 6.50. The quantitative estimate of drug-likeness (QED) is 0.667. The number of amides is 2. The van der Waals surface area contributed by atoms with E-state index in [1.807, 2.05) is 20.8 Å². The molecule has 0 spiro atoms. The van der Waals surface area contributed by atoms with E-state index in [0.717, 1.165) is 25.0 Å². The van der Waals surface area contributed by atoms with E-state index in [1.54, 1.807) is 11.1 Å². The monoisotopic (exact) mass is 334 g/mol. The van der Waals surface area contributed by atoms with Crippen LogP contribution in [0.4, 0.5) is 0 Å². The molecule has 0 aliphatic carbocycles. The van der Waals surface area contributed by atoms with E-state index in [0.29, 0.717) is 37.7 Å². The highest BCUT2D eigenvalue weighted by Crippen LogP contribution is 2.06. The smallest absolute Gasteiger partial charge is 0.274 e. The second kappa shape index (κ2) is 10.7. The van der Waals surface area contributed by atoms with Gasteiger partial charge in [-0.3, -0.25) is 14.6 Å². The molecule has 0 saturated heterocycles. The molecule has 0 aliphatic rings. The van der Waals surface area contributed by atoms with Gasteiger partial charge in [-0.25, -0.2) is 4.98 Å². The number of carbonyl (C=O) groups excluding carboxylic acids is 2. The van der Waals surface area contributed by atoms with E-state index in [4.69, 9.17) is 0 Å². The predicted octanol–water partition coefficient (Wildman–Crippen LogP) is 2.58. The fraction of sp³-hybridized carbons (Fsp3) is 0.667. The lowest BCUT2D eigenvalue weighted by Gasteiger charge is -2.24. The second-order valence-corrected chi connectivity index (χ2v) is 6.50. The average molecular weight is 334 g/mol. The Hall–Kier alpha value is -1.98. The van der Waals surface area contributed by atoms with Crippen molar-refractivity contribution in [1.82, 2.24) is 20.2 Å². The lowest BCUT2D eigenvalue weighted by molar-refractivity contribution is -0.121. The van der Waals surface area contributed by atoms with Gasteiger partial charge < -0.3 is 10.2 Å². The molecular formula is C18H30N4O2. The van der Waals surface area contributed by atoms with Gasteiger partial charge in [0, 0.05) is 32.3 Å². The first-order valence-corrected chi connectivity index (χ1v) is 8.78. The summed E-state index contributed by atoms with van der Waals surface area (Å²) in [6.45, 7) is 9.75. The highest BCUT2D eigenvalue weighted by molar-refractivity contribution is 5.92. The summed E-state index contributed by atoms with van der Waals surface area (Å²) in [7, 11) is 0. The molecule has 1 rings (SSSR count). The number of hydrogen-bond donors (Lipinski definition) is 1. The van der Waals surface area contributed by atoms with Crippen LogP contribution < -0.4 is 5.32 Å². The third-order valence-electron chi connectivity index (χ3n) is 3.58. The van der Waals surface area contributed by atoms with Crippen molar-refractivity contribution in [3.8, 4) is 0 Å². The number of unbranched alkanes of at least 4 members (excludes halogenated alkanes) is 2. The Kier molecular flexibility index (Phi) is 8.97. The molecule has 0 aromatic carbocycles. The molecule has 1 aromatic heterocycles. The van der Waals surface area contributed by atoms with E-state index < -0.39 is 0 Å². The molecule has 6 nitrogen and oxygen atoms in total. The zero-order valence-corrected chi connectivity index (χ0v) is 15.3. The molecule has 134 valence electrons. The number of aromatic nitrogens is 2. The van der Waals surface area contributed by atoms with Gasteiger partial charge in [-0.15, -0.1) is 0 Å². The fourth-order valence-corrected chi connectivity index (χ4v) is 2.31. The minimum absolute atomic E-state index is 0.0114. The first-order chi connectivity index (χ1) is 11.4. The summed E-state index contributed by atoms with van der Waals surface area (Å²) in [6.07, 6.45) is 6.63. The molecular weight excluding hydrogens is 304 g/mol. The maximum absolute atomic E-state index is 12.6. The van der Waals surface area contributed by atoms with Gasteiger partial charge in [-0.1, -0.05) is 33.6 Å². The number of rotatable bonds is 10. The number of carbonyl (C=O) groups is 2. The Morgan fingerprint density at radius 1 is 1.21 bits per heavy atom. The van der Waals surface area contributed by atoms with Gasteiger partial charge in [-0.2, -0.15) is 0 Å². The van der Waals surface area contributed by atoms with Crippen LogP contribution in [0.3, 0.4) is 0 Å². The van der Waals surface area contributed by atoms with Crippen LogP contribution in [0.5, 0.6) is 0 Å². The van der Waals surface area contributed by atoms with Crippen molar-refractivity contribution >= 4 is 11.8 Å². The Bertz CT molecular complexity index is 514. The lowest BCUT2D eigenvalue weighted by Crippen LogP contribution is -2.38. The standard InChI is InChI=1S/C18H30N4O2/c1-5-6-7-9-19-17(23)8-10-22(13-14(2)3)18(24)16-12-20-15(4)11-21-16/h11-12,14H,5-10,13H2,1-4H3,(H,19,23). The lowest BCUT2D eigenvalue weighted by atomic mass is 10.2. The Morgan fingerprint density at radius 2 is 1.96 bits per heavy atom. The van der Waals surface area contributed by atoms with Crippen molar-refractivity contribution in [1.29, 1.82) is 0 Å². The summed E-state index contributed by atoms with van der Waals surface area (Å²) in [5.74, 6) is 0.137. The Labute approximate surface area is 145 Å². The molecule has 24 heavy (non-hydrogen) atoms. The van der Waals surface area contributed by atoms with Crippen LogP contribution in [0, 0.1) is 12.8 Å². The molecule has 6 heteroatoms. The molecule has 0 atom stereocenters. The first-order valence-electron chi connectivity index (χ1n) is 8.78. The molecule has 0 saturated carbocycles. The summed E-state index contributed by atoms with van der Waals surface area (Å²) >= 11 is 0. The third kappa shape index (κ3) is 7.53. The van der Waals surface area contributed by atoms with Crippen LogP contribution in [0.25, 0.3) is 0 Å². The van der Waals surface area contributed by atoms with Gasteiger partial charge in [0.15, 0.2) is 0 Å². The van der Waals surface area contributed by atoms with Gasteiger partial charge in [0.25, 0.3) is 5.91 Å². The zero-order chi connectivity index (χ0) is 17.9. The summed E-state index contributed by atoms with van der Waals surface area (Å²) in [4.78, 5) is 34.5. The maximum atomic E-state index is 12.6. The van der Waals surface area contributed by atoms with Gasteiger partial charge >= 0.3 is 0 Å². The fourth-order valence-electron chi connectivity index (χ4n) is 2.31. The highest BCUT2D eigenvalue weighted by Gasteiger charge is 2.19. The van der Waals surface area contributed by atoms with Crippen molar-refractivity contribution in [3.63, 3.8) is 0 Å². The maximum Gasteiger partial charge on any atom is 0.274 e. The molecule has 1 heterocycles. The van der Waals surface area contributed by atoms with Gasteiger partial charge in [0.1, 0.15) is 5.69 Å². The SMILES string of the molecule is CCCCCNC(=O)CCN(CC(C)C)C(=O)c1cnc(C)cn1. The first kappa shape index (κ1) is 20.1. The topological polar surface area (TPSA) is 75.2 Å². The Morgan fingerprint density at radius 3 is 2.54 bits per heavy atom. The van der Waals surface area contributed by atoms with Crippen LogP contribution >= 0.6 is 0 Å². The number of hydrogen-bond acceptors (Lipinski definition) is 4. The zero-order valence-electron chi connectivity index (χ0n) is 15.3. The van der Waals surface area contributed by atoms with Crippen molar-refractivity contribution in [2.75, 3.05) is 19.6 Å². The predicted molar refractivity (Wildman–Crippen MR) is 94.7 cm³/mol. The summed E-state index contributed by atoms with van der Waals surface area (Å²) in [6, 6.07) is 0. The van der Waals surface area contributed by atoms with Crippen molar-refractivity contribution < 1.29 is 9.59 Å². The molecule has 1 aromatic rings. The number of nitrogens with zero attached hydrogens (tertiary/aromatic N) is 3. The van der Waals surface area contributed by atoms with E-state index in [-0.39, 0.29) is 11.8 Å². The molecule has 0 aliphatic heterocycles. The summed E-state index contributed by atoms with van der Waals surface area (Å²) in [5, 5.41) is 2.91. The molecule has 2 amide bonds. The van der Waals surface area contributed by atoms with Crippen LogP contribution in [-0.4, -0.2) is 46.3 Å². The highest BCUT2D eigenvalue weighted by atomic mass is 16.2. The third-order valence-corrected chi connectivity index (χ3v) is 3.58. The van der Waals surface area contributed by atoms with Crippen molar-refractivity contribution in [3.05, 3.63) is 23.8 Å². The van der Waals surface area contributed by atoms with Crippen LogP contribution in [0.1, 0.15) is 62.6 Å². The minimum atomic E-state index is -0.171. The molecule has 0 fully saturated rings. The normalized spacial score (nSPS) is 10.7. The van der Waals surface area contributed by atoms with Gasteiger partial charge in [-0.05, 0) is 19.3 Å². The van der Waals surface area contributed by atoms with E-state index in [9.17, 15) is 9.59 Å². The van der Waals surface area contributed by atoms with Crippen molar-refractivity contribution in [2.45, 2.75) is 53.4 Å². The molecule has 1 N–H and O–H groups in total. The summed E-state index contributed by atoms with van der Waals surface area (Å²) in [5.41, 5.74) is 1.10. The van der Waals surface area contributed by atoms with E-state index in [1.165, 1.54) is 6.20 Å². The molecule has 0 radical (unpaired) electrons. The van der Waals surface area contributed by atoms with Crippen molar-refractivity contribution in [2.24, 2.45) is 5.92 Å². The van der Waals surface area contributed by atoms with Gasteiger partial charge in [0.05, 0.1) is 11.9 Å². The van der Waals surface area contributed by atoms with Crippen LogP contribution in [0.15, 0.2) is 12.4 Å². The molecule has 0 bridgehead atoms. The Balaban J connectivity index is 2.57. The van der Waals surface area contributed by atoms with E-state index in [2.05, 4.69) is 22.2 Å².